The fourth-order valence-electron chi connectivity index (χ4n) is 2.52. The molecule has 6 heteroatoms. The molecule has 0 unspecified atom stereocenters. The Labute approximate surface area is 127 Å². The van der Waals surface area contributed by atoms with E-state index in [4.69, 9.17) is 4.74 Å². The van der Waals surface area contributed by atoms with Crippen molar-refractivity contribution in [3.63, 3.8) is 0 Å². The van der Waals surface area contributed by atoms with Crippen LogP contribution in [0.5, 0.6) is 0 Å². The minimum atomic E-state index is -3.37. The number of sulfonamides is 1. The highest BCUT2D eigenvalue weighted by molar-refractivity contribution is 7.89. The van der Waals surface area contributed by atoms with E-state index in [9.17, 15) is 8.42 Å². The third-order valence-corrected chi connectivity index (χ3v) is 5.40. The Balaban J connectivity index is 2.15. The van der Waals surface area contributed by atoms with Crippen LogP contribution in [0.1, 0.15) is 19.4 Å². The van der Waals surface area contributed by atoms with Crippen molar-refractivity contribution in [3.05, 3.63) is 29.8 Å². The molecule has 0 atom stereocenters. The highest BCUT2D eigenvalue weighted by Crippen LogP contribution is 2.20. The Morgan fingerprint density at radius 1 is 1.33 bits per heavy atom. The van der Waals surface area contributed by atoms with Crippen LogP contribution in [0.15, 0.2) is 29.2 Å². The second-order valence-corrected chi connectivity index (χ2v) is 8.41. The normalized spacial score (nSPS) is 19.9. The summed E-state index contributed by atoms with van der Waals surface area (Å²) >= 11 is 0. The first-order valence-electron chi connectivity index (χ1n) is 7.08. The summed E-state index contributed by atoms with van der Waals surface area (Å²) < 4.78 is 31.3. The minimum absolute atomic E-state index is 0.147. The maximum atomic E-state index is 12.2. The third-order valence-electron chi connectivity index (χ3n) is 3.59. The van der Waals surface area contributed by atoms with Gasteiger partial charge in [-0.2, -0.15) is 0 Å². The van der Waals surface area contributed by atoms with Crippen molar-refractivity contribution in [1.82, 2.24) is 9.21 Å². The zero-order valence-electron chi connectivity index (χ0n) is 13.2. The van der Waals surface area contributed by atoms with Gasteiger partial charge in [0.15, 0.2) is 0 Å². The van der Waals surface area contributed by atoms with E-state index in [0.717, 1.165) is 25.2 Å². The van der Waals surface area contributed by atoms with Crippen LogP contribution in [-0.2, 0) is 21.3 Å². The number of hydrogen-bond donors (Lipinski definition) is 0. The van der Waals surface area contributed by atoms with Gasteiger partial charge in [0, 0.05) is 33.7 Å². The minimum Gasteiger partial charge on any atom is -0.373 e. The predicted molar refractivity (Wildman–Crippen MR) is 82.6 cm³/mol. The Hall–Kier alpha value is -0.950. The average molecular weight is 312 g/mol. The molecule has 0 aromatic heterocycles. The van der Waals surface area contributed by atoms with Gasteiger partial charge in [0.2, 0.25) is 10.0 Å². The fourth-order valence-corrected chi connectivity index (χ4v) is 3.49. The summed E-state index contributed by atoms with van der Waals surface area (Å²) in [4.78, 5) is 2.64. The Kier molecular flexibility index (Phi) is 4.72. The quantitative estimate of drug-likeness (QED) is 0.846. The second-order valence-electron chi connectivity index (χ2n) is 6.25. The van der Waals surface area contributed by atoms with E-state index in [1.54, 1.807) is 32.3 Å². The topological polar surface area (TPSA) is 49.9 Å². The van der Waals surface area contributed by atoms with Gasteiger partial charge in [0.05, 0.1) is 17.1 Å². The molecule has 1 heterocycles. The van der Waals surface area contributed by atoms with Crippen LogP contribution in [0.3, 0.4) is 0 Å². The van der Waals surface area contributed by atoms with Crippen molar-refractivity contribution < 1.29 is 13.2 Å². The van der Waals surface area contributed by atoms with Crippen molar-refractivity contribution in [1.29, 1.82) is 0 Å². The molecule has 1 saturated heterocycles. The maximum absolute atomic E-state index is 12.2. The largest absolute Gasteiger partial charge is 0.373 e. The molecule has 21 heavy (non-hydrogen) atoms. The Bertz CT molecular complexity index is 597. The lowest BCUT2D eigenvalue weighted by atomic mass is 10.1. The van der Waals surface area contributed by atoms with Crippen molar-refractivity contribution in [2.75, 3.05) is 33.8 Å². The fraction of sp³-hybridized carbons (Fsp3) is 0.600. The summed E-state index contributed by atoms with van der Waals surface area (Å²) in [6, 6.07) is 7.17. The first kappa shape index (κ1) is 16.4. The lowest BCUT2D eigenvalue weighted by molar-refractivity contribution is -0.0882. The van der Waals surface area contributed by atoms with E-state index in [1.165, 1.54) is 4.31 Å². The van der Waals surface area contributed by atoms with Crippen LogP contribution in [0.4, 0.5) is 0 Å². The number of ether oxygens (including phenoxy) is 1. The van der Waals surface area contributed by atoms with Crippen molar-refractivity contribution in [2.24, 2.45) is 0 Å². The van der Waals surface area contributed by atoms with Gasteiger partial charge in [0.1, 0.15) is 0 Å². The van der Waals surface area contributed by atoms with Gasteiger partial charge < -0.3 is 4.74 Å². The molecule has 118 valence electrons. The van der Waals surface area contributed by atoms with Gasteiger partial charge in [-0.25, -0.2) is 12.7 Å². The molecule has 0 saturated carbocycles. The van der Waals surface area contributed by atoms with Crippen LogP contribution in [-0.4, -0.2) is 57.0 Å². The van der Waals surface area contributed by atoms with Crippen LogP contribution < -0.4 is 0 Å². The van der Waals surface area contributed by atoms with E-state index in [1.807, 2.05) is 6.07 Å². The first-order chi connectivity index (χ1) is 9.71. The summed E-state index contributed by atoms with van der Waals surface area (Å²) in [5.41, 5.74) is 0.863. The summed E-state index contributed by atoms with van der Waals surface area (Å²) in [6.07, 6.45) is 0. The molecule has 0 bridgehead atoms. The first-order valence-corrected chi connectivity index (χ1v) is 8.52. The van der Waals surface area contributed by atoms with Gasteiger partial charge in [-0.05, 0) is 31.5 Å². The molecule has 0 N–H and O–H groups in total. The predicted octanol–water partition coefficient (Wildman–Crippen LogP) is 1.55. The van der Waals surface area contributed by atoms with Crippen LogP contribution in [0.25, 0.3) is 0 Å². The molecule has 1 aliphatic rings. The van der Waals surface area contributed by atoms with Crippen molar-refractivity contribution in [2.45, 2.75) is 30.9 Å². The number of rotatable bonds is 4. The second kappa shape index (κ2) is 6.04. The van der Waals surface area contributed by atoms with Crippen molar-refractivity contribution >= 4 is 10.0 Å². The van der Waals surface area contributed by atoms with Gasteiger partial charge in [0.25, 0.3) is 0 Å². The van der Waals surface area contributed by atoms with E-state index in [-0.39, 0.29) is 5.60 Å². The molecule has 0 aliphatic carbocycles. The Morgan fingerprint density at radius 2 is 2.05 bits per heavy atom. The SMILES string of the molecule is CN(C)S(=O)(=O)c1cccc(CN2CCOC(C)(C)C2)c1. The molecule has 2 rings (SSSR count). The standard InChI is InChI=1S/C15H24N2O3S/c1-15(2)12-17(8-9-20-15)11-13-6-5-7-14(10-13)21(18,19)16(3)4/h5-7,10H,8-9,11-12H2,1-4H3. The number of nitrogens with zero attached hydrogens (tertiary/aromatic N) is 2. The molecular weight excluding hydrogens is 288 g/mol. The smallest absolute Gasteiger partial charge is 0.242 e. The Morgan fingerprint density at radius 3 is 2.67 bits per heavy atom. The zero-order chi connectivity index (χ0) is 15.7. The highest BCUT2D eigenvalue weighted by Gasteiger charge is 2.27. The highest BCUT2D eigenvalue weighted by atomic mass is 32.2. The number of hydrogen-bond acceptors (Lipinski definition) is 4. The average Bonchev–Trinajstić information content (AvgIpc) is 2.37. The van der Waals surface area contributed by atoms with E-state index in [2.05, 4.69) is 18.7 Å². The molecule has 1 aliphatic heterocycles. The van der Waals surface area contributed by atoms with Crippen LogP contribution >= 0.6 is 0 Å². The van der Waals surface area contributed by atoms with Crippen molar-refractivity contribution in [3.8, 4) is 0 Å². The molecule has 0 radical (unpaired) electrons. The summed E-state index contributed by atoms with van der Waals surface area (Å²) in [5, 5.41) is 0. The third kappa shape index (κ3) is 4.03. The van der Waals surface area contributed by atoms with Crippen LogP contribution in [0, 0.1) is 0 Å². The molecule has 0 spiro atoms. The van der Waals surface area contributed by atoms with E-state index in [0.29, 0.717) is 11.5 Å². The molecular formula is C15H24N2O3S. The monoisotopic (exact) mass is 312 g/mol. The van der Waals surface area contributed by atoms with Gasteiger partial charge in [-0.3, -0.25) is 4.90 Å². The molecule has 1 aromatic carbocycles. The maximum Gasteiger partial charge on any atom is 0.242 e. The van der Waals surface area contributed by atoms with E-state index < -0.39 is 10.0 Å². The summed E-state index contributed by atoms with van der Waals surface area (Å²) in [6.45, 7) is 7.32. The summed E-state index contributed by atoms with van der Waals surface area (Å²) in [5.74, 6) is 0. The molecule has 5 nitrogen and oxygen atoms in total. The van der Waals surface area contributed by atoms with Crippen LogP contribution in [0.2, 0.25) is 0 Å². The lowest BCUT2D eigenvalue weighted by Gasteiger charge is -2.38. The molecule has 1 fully saturated rings. The molecule has 1 aromatic rings. The van der Waals surface area contributed by atoms with Gasteiger partial charge in [-0.15, -0.1) is 0 Å². The van der Waals surface area contributed by atoms with Gasteiger partial charge in [-0.1, -0.05) is 12.1 Å². The van der Waals surface area contributed by atoms with Gasteiger partial charge >= 0.3 is 0 Å². The number of benzene rings is 1. The zero-order valence-corrected chi connectivity index (χ0v) is 14.0. The molecule has 0 amide bonds. The lowest BCUT2D eigenvalue weighted by Crippen LogP contribution is -2.47. The number of morpholine rings is 1. The van der Waals surface area contributed by atoms with E-state index >= 15 is 0 Å². The summed E-state index contributed by atoms with van der Waals surface area (Å²) in [7, 11) is -0.277.